The topological polar surface area (TPSA) is 55.8 Å². The molecule has 0 N–H and O–H groups in total. The number of rotatable bonds is 17. The second-order valence-corrected chi connectivity index (χ2v) is 12.5. The first-order valence-electron chi connectivity index (χ1n) is 16.4. The largest absolute Gasteiger partial charge is 0.493 e. The summed E-state index contributed by atoms with van der Waals surface area (Å²) in [5, 5.41) is 0. The van der Waals surface area contributed by atoms with Crippen molar-refractivity contribution in [1.29, 1.82) is 0 Å². The summed E-state index contributed by atoms with van der Waals surface area (Å²) in [5.41, 5.74) is 5.50. The van der Waals surface area contributed by atoms with Crippen molar-refractivity contribution < 1.29 is 19.1 Å². The molecule has 0 aliphatic heterocycles. The Labute approximate surface area is 274 Å². The predicted octanol–water partition coefficient (Wildman–Crippen LogP) is 11.0. The number of benzene rings is 4. The lowest BCUT2D eigenvalue weighted by Gasteiger charge is -2.25. The molecule has 0 amide bonds. The van der Waals surface area contributed by atoms with E-state index in [0.29, 0.717) is 24.3 Å². The fourth-order valence-corrected chi connectivity index (χ4v) is 5.24. The number of carbonyl (C=O) groups is 2. The smallest absolute Gasteiger partial charge is 0.306 e. The van der Waals surface area contributed by atoms with Crippen LogP contribution in [0.1, 0.15) is 93.6 Å². The number of hydrogen-bond acceptors (Lipinski definition) is 5. The Hall–Kier alpha value is -4.64. The zero-order chi connectivity index (χ0) is 32.6. The minimum absolute atomic E-state index is 0.109. The molecule has 0 atom stereocenters. The molecule has 4 rings (SSSR count). The maximum Gasteiger partial charge on any atom is 0.306 e. The van der Waals surface area contributed by atoms with Crippen molar-refractivity contribution in [2.75, 3.05) is 11.5 Å². The second-order valence-electron chi connectivity index (χ2n) is 12.5. The van der Waals surface area contributed by atoms with Crippen molar-refractivity contribution in [3.05, 3.63) is 120 Å². The maximum atomic E-state index is 11.8. The number of esters is 1. The molecule has 4 aromatic rings. The average Bonchev–Trinajstić information content (AvgIpc) is 3.05. The lowest BCUT2D eigenvalue weighted by molar-refractivity contribution is -0.154. The van der Waals surface area contributed by atoms with Gasteiger partial charge < -0.3 is 14.4 Å². The number of anilines is 3. The Bertz CT molecular complexity index is 1480. The minimum atomic E-state index is -0.410. The van der Waals surface area contributed by atoms with E-state index in [1.807, 2.05) is 57.2 Å². The molecule has 0 saturated carbocycles. The standard InChI is InChI=1S/C41H47NO4/c1-41(2,3)46-40(44)21-15-7-5-4-6-8-16-30-45-39-31-34(24-27-35(39)32-43)23-22-33-25-28-38(29-26-33)42(36-17-11-9-12-18-36)37-19-13-10-14-20-37/h9-14,17-20,22-29,31-32H,4-8,15-16,21,30H2,1-3H3/b23-22+. The Morgan fingerprint density at radius 2 is 1.17 bits per heavy atom. The van der Waals surface area contributed by atoms with Gasteiger partial charge >= 0.3 is 5.97 Å². The highest BCUT2D eigenvalue weighted by Gasteiger charge is 2.15. The molecule has 5 nitrogen and oxygen atoms in total. The molecule has 0 aromatic heterocycles. The Kier molecular flexibility index (Phi) is 13.2. The third kappa shape index (κ3) is 11.4. The van der Waals surface area contributed by atoms with Gasteiger partial charge in [-0.25, -0.2) is 0 Å². The highest BCUT2D eigenvalue weighted by molar-refractivity contribution is 5.82. The van der Waals surface area contributed by atoms with Crippen molar-refractivity contribution in [3.8, 4) is 5.75 Å². The first kappa shape index (κ1) is 34.2. The van der Waals surface area contributed by atoms with Crippen molar-refractivity contribution in [1.82, 2.24) is 0 Å². The van der Waals surface area contributed by atoms with Gasteiger partial charge in [0.2, 0.25) is 0 Å². The van der Waals surface area contributed by atoms with E-state index in [0.717, 1.165) is 79.4 Å². The van der Waals surface area contributed by atoms with E-state index in [2.05, 4.69) is 83.8 Å². The lowest BCUT2D eigenvalue weighted by Crippen LogP contribution is -2.23. The predicted molar refractivity (Wildman–Crippen MR) is 190 cm³/mol. The summed E-state index contributed by atoms with van der Waals surface area (Å²) in [6.45, 7) is 6.27. The van der Waals surface area contributed by atoms with Crippen LogP contribution in [0.4, 0.5) is 17.1 Å². The molecule has 0 unspecified atom stereocenters. The van der Waals surface area contributed by atoms with E-state index >= 15 is 0 Å². The van der Waals surface area contributed by atoms with Crippen LogP contribution in [0.2, 0.25) is 0 Å². The van der Waals surface area contributed by atoms with Crippen LogP contribution in [-0.2, 0) is 9.53 Å². The summed E-state index contributed by atoms with van der Waals surface area (Å²) in [5.74, 6) is 0.513. The molecule has 0 fully saturated rings. The van der Waals surface area contributed by atoms with Gasteiger partial charge in [0.25, 0.3) is 0 Å². The quantitative estimate of drug-likeness (QED) is 0.0511. The van der Waals surface area contributed by atoms with Crippen molar-refractivity contribution in [2.45, 2.75) is 77.7 Å². The first-order chi connectivity index (χ1) is 22.3. The molecule has 0 heterocycles. The summed E-state index contributed by atoms with van der Waals surface area (Å²) >= 11 is 0. The summed E-state index contributed by atoms with van der Waals surface area (Å²) in [6.07, 6.45) is 12.8. The number of ether oxygens (including phenoxy) is 2. The number of para-hydroxylation sites is 2. The molecule has 240 valence electrons. The highest BCUT2D eigenvalue weighted by Crippen LogP contribution is 2.34. The summed E-state index contributed by atoms with van der Waals surface area (Å²) in [4.78, 5) is 25.7. The summed E-state index contributed by atoms with van der Waals surface area (Å²) in [6, 6.07) is 34.9. The SMILES string of the molecule is CC(C)(C)OC(=O)CCCCCCCCCOc1cc(/C=C/c2ccc(N(c3ccccc3)c3ccccc3)cc2)ccc1C=O. The van der Waals surface area contributed by atoms with Gasteiger partial charge in [-0.3, -0.25) is 9.59 Å². The molecule has 0 saturated heterocycles. The van der Waals surface area contributed by atoms with Crippen LogP contribution in [0.15, 0.2) is 103 Å². The number of carbonyl (C=O) groups excluding carboxylic acids is 2. The molecule has 0 aliphatic carbocycles. The van der Waals surface area contributed by atoms with E-state index in [4.69, 9.17) is 9.47 Å². The number of aldehydes is 1. The monoisotopic (exact) mass is 617 g/mol. The zero-order valence-electron chi connectivity index (χ0n) is 27.5. The van der Waals surface area contributed by atoms with Gasteiger partial charge in [0.1, 0.15) is 11.4 Å². The third-order valence-electron chi connectivity index (χ3n) is 7.52. The number of unbranched alkanes of at least 4 members (excludes halogenated alkanes) is 6. The molecule has 4 aromatic carbocycles. The van der Waals surface area contributed by atoms with Crippen LogP contribution in [-0.4, -0.2) is 24.5 Å². The van der Waals surface area contributed by atoms with Crippen molar-refractivity contribution >= 4 is 41.5 Å². The zero-order valence-corrected chi connectivity index (χ0v) is 27.5. The van der Waals surface area contributed by atoms with Gasteiger partial charge in [-0.15, -0.1) is 0 Å². The van der Waals surface area contributed by atoms with Crippen molar-refractivity contribution in [2.24, 2.45) is 0 Å². The third-order valence-corrected chi connectivity index (χ3v) is 7.52. The lowest BCUT2D eigenvalue weighted by atomic mass is 10.1. The van der Waals surface area contributed by atoms with Crippen LogP contribution in [0, 0.1) is 0 Å². The van der Waals surface area contributed by atoms with Crippen LogP contribution in [0.5, 0.6) is 5.75 Å². The second kappa shape index (κ2) is 17.7. The summed E-state index contributed by atoms with van der Waals surface area (Å²) < 4.78 is 11.4. The highest BCUT2D eigenvalue weighted by atomic mass is 16.6. The normalized spacial score (nSPS) is 11.4. The molecular weight excluding hydrogens is 570 g/mol. The number of hydrogen-bond donors (Lipinski definition) is 0. The van der Waals surface area contributed by atoms with E-state index in [1.165, 1.54) is 0 Å². The molecular formula is C41H47NO4. The van der Waals surface area contributed by atoms with Gasteiger partial charge in [0, 0.05) is 23.5 Å². The average molecular weight is 618 g/mol. The Morgan fingerprint density at radius 1 is 0.652 bits per heavy atom. The number of nitrogens with zero attached hydrogens (tertiary/aromatic N) is 1. The van der Waals surface area contributed by atoms with E-state index in [1.54, 1.807) is 0 Å². The Balaban J connectivity index is 1.24. The van der Waals surface area contributed by atoms with E-state index in [9.17, 15) is 9.59 Å². The fraction of sp³-hybridized carbons (Fsp3) is 0.317. The molecule has 5 heteroatoms. The molecule has 0 bridgehead atoms. The van der Waals surface area contributed by atoms with Gasteiger partial charge in [-0.2, -0.15) is 0 Å². The fourth-order valence-electron chi connectivity index (χ4n) is 5.24. The van der Waals surface area contributed by atoms with Crippen LogP contribution >= 0.6 is 0 Å². The maximum absolute atomic E-state index is 11.8. The van der Waals surface area contributed by atoms with Crippen molar-refractivity contribution in [3.63, 3.8) is 0 Å². The van der Waals surface area contributed by atoms with Crippen LogP contribution in [0.25, 0.3) is 12.2 Å². The van der Waals surface area contributed by atoms with E-state index < -0.39 is 5.60 Å². The molecule has 0 aliphatic rings. The van der Waals surface area contributed by atoms with Gasteiger partial charge in [-0.05, 0) is 93.3 Å². The molecule has 0 spiro atoms. The van der Waals surface area contributed by atoms with Gasteiger partial charge in [0.15, 0.2) is 6.29 Å². The van der Waals surface area contributed by atoms with Gasteiger partial charge in [0.05, 0.1) is 12.2 Å². The molecule has 0 radical (unpaired) electrons. The summed E-state index contributed by atoms with van der Waals surface area (Å²) in [7, 11) is 0. The minimum Gasteiger partial charge on any atom is -0.493 e. The molecule has 46 heavy (non-hydrogen) atoms. The van der Waals surface area contributed by atoms with Gasteiger partial charge in [-0.1, -0.05) is 98.9 Å². The van der Waals surface area contributed by atoms with Crippen LogP contribution < -0.4 is 9.64 Å². The van der Waals surface area contributed by atoms with Crippen LogP contribution in [0.3, 0.4) is 0 Å². The Morgan fingerprint density at radius 3 is 1.76 bits per heavy atom. The first-order valence-corrected chi connectivity index (χ1v) is 16.4. The van der Waals surface area contributed by atoms with E-state index in [-0.39, 0.29) is 5.97 Å².